The van der Waals surface area contributed by atoms with Gasteiger partial charge in [0.25, 0.3) is 0 Å². The Morgan fingerprint density at radius 3 is 1.39 bits per heavy atom. The zero-order valence-corrected chi connectivity index (χ0v) is 35.2. The predicted molar refractivity (Wildman–Crippen MR) is 263 cm³/mol. The number of aromatic nitrogens is 4. The number of hydrogen-bond donors (Lipinski definition) is 0. The van der Waals surface area contributed by atoms with Gasteiger partial charge in [0.1, 0.15) is 23.3 Å². The molecule has 0 radical (unpaired) electrons. The average Bonchev–Trinajstić information content (AvgIpc) is 3.88. The first-order valence-corrected chi connectivity index (χ1v) is 21.7. The number of para-hydroxylation sites is 2. The molecule has 8 aromatic carbocycles. The van der Waals surface area contributed by atoms with E-state index in [0.717, 1.165) is 94.4 Å². The van der Waals surface area contributed by atoms with E-state index in [9.17, 15) is 5.26 Å². The molecule has 310 valence electrons. The lowest BCUT2D eigenvalue weighted by Gasteiger charge is -2.20. The number of halogens is 2. The molecule has 7 heteroatoms. The van der Waals surface area contributed by atoms with E-state index in [2.05, 4.69) is 104 Å². The lowest BCUT2D eigenvalue weighted by molar-refractivity contribution is 0.584. The van der Waals surface area contributed by atoms with Crippen molar-refractivity contribution in [2.75, 3.05) is 0 Å². The minimum Gasteiger partial charge on any atom is -0.308 e. The molecule has 0 saturated heterocycles. The molecule has 0 saturated carbocycles. The zero-order valence-electron chi connectivity index (χ0n) is 35.2. The Morgan fingerprint density at radius 2 is 0.848 bits per heavy atom. The molecule has 66 heavy (non-hydrogen) atoms. The van der Waals surface area contributed by atoms with E-state index in [-0.39, 0.29) is 0 Å². The van der Waals surface area contributed by atoms with Crippen LogP contribution in [0.25, 0.3) is 111 Å². The van der Waals surface area contributed by atoms with Crippen LogP contribution in [0.15, 0.2) is 213 Å². The van der Waals surface area contributed by atoms with E-state index in [4.69, 9.17) is 0 Å². The Kier molecular flexibility index (Phi) is 9.18. The summed E-state index contributed by atoms with van der Waals surface area (Å²) < 4.78 is 34.6. The van der Waals surface area contributed by atoms with E-state index >= 15 is 8.78 Å². The maximum absolute atomic E-state index is 15.2. The molecule has 0 atom stereocenters. The van der Waals surface area contributed by atoms with E-state index < -0.39 is 11.6 Å². The molecule has 0 bridgehead atoms. The fraction of sp³-hybridized carbons (Fsp3) is 0. The largest absolute Gasteiger partial charge is 0.308 e. The Labute approximate surface area is 378 Å². The van der Waals surface area contributed by atoms with Gasteiger partial charge in [-0.3, -0.25) is 9.97 Å². The molecule has 0 N–H and O–H groups in total. The third-order valence-electron chi connectivity index (χ3n) is 12.6. The quantitative estimate of drug-likeness (QED) is 0.160. The molecule has 4 heterocycles. The van der Waals surface area contributed by atoms with Gasteiger partial charge in [0.05, 0.1) is 44.8 Å². The number of rotatable bonds is 7. The van der Waals surface area contributed by atoms with Crippen LogP contribution in [0.3, 0.4) is 0 Å². The van der Waals surface area contributed by atoms with Crippen LogP contribution in [0.4, 0.5) is 8.78 Å². The Morgan fingerprint density at radius 1 is 0.379 bits per heavy atom. The highest BCUT2D eigenvalue weighted by molar-refractivity contribution is 6.13. The molecule has 0 fully saturated rings. The second kappa shape index (κ2) is 15.7. The first-order valence-electron chi connectivity index (χ1n) is 21.7. The molecule has 12 aromatic rings. The Balaban J connectivity index is 1.10. The molecular weight excluding hydrogens is 817 g/mol. The van der Waals surface area contributed by atoms with Crippen molar-refractivity contribution in [2.24, 2.45) is 0 Å². The van der Waals surface area contributed by atoms with Crippen LogP contribution in [0, 0.1) is 23.0 Å². The third-order valence-corrected chi connectivity index (χ3v) is 12.6. The molecule has 0 aliphatic rings. The van der Waals surface area contributed by atoms with Crippen LogP contribution in [0.1, 0.15) is 5.56 Å². The highest BCUT2D eigenvalue weighted by Gasteiger charge is 2.25. The van der Waals surface area contributed by atoms with Gasteiger partial charge in [0.2, 0.25) is 0 Å². The molecule has 4 aromatic heterocycles. The summed E-state index contributed by atoms with van der Waals surface area (Å²) in [4.78, 5) is 9.33. The summed E-state index contributed by atoms with van der Waals surface area (Å²) in [5.74, 6) is -1.41. The maximum Gasteiger partial charge on any atom is 0.126 e. The number of fused-ring (bicyclic) bond motifs is 6. The van der Waals surface area contributed by atoms with Gasteiger partial charge in [0.15, 0.2) is 0 Å². The fourth-order valence-corrected chi connectivity index (χ4v) is 9.61. The lowest BCUT2D eigenvalue weighted by Crippen LogP contribution is -2.06. The van der Waals surface area contributed by atoms with Crippen molar-refractivity contribution in [1.82, 2.24) is 19.1 Å². The summed E-state index contributed by atoms with van der Waals surface area (Å²) in [5, 5.41) is 15.5. The van der Waals surface area contributed by atoms with Gasteiger partial charge in [0, 0.05) is 56.7 Å². The highest BCUT2D eigenvalue weighted by Crippen LogP contribution is 2.43. The normalized spacial score (nSPS) is 11.5. The first kappa shape index (κ1) is 38.7. The van der Waals surface area contributed by atoms with Crippen LogP contribution in [-0.2, 0) is 0 Å². The summed E-state index contributed by atoms with van der Waals surface area (Å²) in [7, 11) is 0. The van der Waals surface area contributed by atoms with Crippen molar-refractivity contribution in [3.05, 3.63) is 230 Å². The van der Waals surface area contributed by atoms with Gasteiger partial charge in [-0.1, -0.05) is 115 Å². The van der Waals surface area contributed by atoms with E-state index in [1.54, 1.807) is 0 Å². The zero-order chi connectivity index (χ0) is 44.3. The maximum atomic E-state index is 15.2. The van der Waals surface area contributed by atoms with Crippen LogP contribution in [0.2, 0.25) is 0 Å². The van der Waals surface area contributed by atoms with E-state index in [1.807, 2.05) is 116 Å². The fourth-order valence-electron chi connectivity index (χ4n) is 9.61. The molecule has 0 unspecified atom stereocenters. The van der Waals surface area contributed by atoms with Gasteiger partial charge in [-0.15, -0.1) is 0 Å². The van der Waals surface area contributed by atoms with Crippen molar-refractivity contribution < 1.29 is 8.78 Å². The molecular formula is C59H35F2N5. The topological polar surface area (TPSA) is 59.4 Å². The summed E-state index contributed by atoms with van der Waals surface area (Å²) >= 11 is 0. The summed E-state index contributed by atoms with van der Waals surface area (Å²) in [6.07, 6.45) is 3.67. The molecule has 5 nitrogen and oxygen atoms in total. The molecule has 0 spiro atoms. The SMILES string of the molecule is N#Cc1c(-n2c3ccccc3c3cc(-c4ccnc(-c5ccccc5)c4)ccc32)ccc(-c2cc(F)cc(F)c2)c1-n1c2ccccc2c2cc(-c3ccnc(-c4ccccc4)c3)ccc21. The van der Waals surface area contributed by atoms with Crippen molar-refractivity contribution in [2.45, 2.75) is 0 Å². The monoisotopic (exact) mass is 851 g/mol. The molecule has 0 aliphatic heterocycles. The minimum atomic E-state index is -0.707. The van der Waals surface area contributed by atoms with Crippen molar-refractivity contribution in [3.63, 3.8) is 0 Å². The van der Waals surface area contributed by atoms with Gasteiger partial charge in [-0.2, -0.15) is 5.26 Å². The average molecular weight is 852 g/mol. The van der Waals surface area contributed by atoms with Crippen LogP contribution in [-0.4, -0.2) is 19.1 Å². The van der Waals surface area contributed by atoms with Crippen LogP contribution >= 0.6 is 0 Å². The number of pyridine rings is 2. The van der Waals surface area contributed by atoms with Crippen molar-refractivity contribution in [1.29, 1.82) is 5.26 Å². The summed E-state index contributed by atoms with van der Waals surface area (Å²) in [6.45, 7) is 0. The van der Waals surface area contributed by atoms with Gasteiger partial charge >= 0.3 is 0 Å². The molecule has 0 amide bonds. The van der Waals surface area contributed by atoms with Crippen molar-refractivity contribution >= 4 is 43.6 Å². The van der Waals surface area contributed by atoms with E-state index in [0.29, 0.717) is 28.1 Å². The van der Waals surface area contributed by atoms with Gasteiger partial charge in [-0.05, 0) is 107 Å². The molecule has 0 aliphatic carbocycles. The van der Waals surface area contributed by atoms with Gasteiger partial charge < -0.3 is 9.13 Å². The number of nitriles is 1. The van der Waals surface area contributed by atoms with E-state index in [1.165, 1.54) is 12.1 Å². The minimum absolute atomic E-state index is 0.317. The first-order chi connectivity index (χ1) is 32.5. The standard InChI is InChI=1S/C59H35F2N5/c60-44-29-43(30-45(61)35-44)46-21-24-58(65-54-17-9-7-15-47(54)49-31-39(19-22-56(49)65)41-25-27-63-52(33-41)37-11-3-1-4-12-37)51(36-62)59(46)66-55-18-10-8-16-48(55)50-32-40(20-23-57(50)66)42-26-28-64-53(34-42)38-13-5-2-6-14-38/h1-35H. The number of benzene rings is 8. The van der Waals surface area contributed by atoms with Crippen molar-refractivity contribution in [3.8, 4) is 73.3 Å². The smallest absolute Gasteiger partial charge is 0.126 e. The third kappa shape index (κ3) is 6.43. The molecule has 12 rings (SSSR count). The second-order valence-corrected chi connectivity index (χ2v) is 16.4. The summed E-state index contributed by atoms with van der Waals surface area (Å²) in [6, 6.07) is 67.4. The summed E-state index contributed by atoms with van der Waals surface area (Å²) in [5.41, 5.74) is 13.7. The second-order valence-electron chi connectivity index (χ2n) is 16.4. The lowest BCUT2D eigenvalue weighted by atomic mass is 9.97. The number of hydrogen-bond acceptors (Lipinski definition) is 3. The Hall–Kier alpha value is -8.99. The Bertz CT molecular complexity index is 3900. The highest BCUT2D eigenvalue weighted by atomic mass is 19.1. The number of nitrogens with zero attached hydrogens (tertiary/aromatic N) is 5. The van der Waals surface area contributed by atoms with Gasteiger partial charge in [-0.25, -0.2) is 8.78 Å². The van der Waals surface area contributed by atoms with Crippen LogP contribution < -0.4 is 0 Å². The van der Waals surface area contributed by atoms with Crippen LogP contribution in [0.5, 0.6) is 0 Å². The predicted octanol–water partition coefficient (Wildman–Crippen LogP) is 15.2.